The van der Waals surface area contributed by atoms with Gasteiger partial charge in [-0.2, -0.15) is 0 Å². The van der Waals surface area contributed by atoms with Gasteiger partial charge in [0.05, 0.1) is 11.3 Å². The van der Waals surface area contributed by atoms with Crippen LogP contribution in [0.15, 0.2) is 29.4 Å². The summed E-state index contributed by atoms with van der Waals surface area (Å²) in [6.07, 6.45) is 4.37. The van der Waals surface area contributed by atoms with Crippen molar-refractivity contribution in [2.24, 2.45) is 0 Å². The number of nitrogens with one attached hydrogen (secondary N) is 1. The maximum Gasteiger partial charge on any atom is 0.230 e. The molecule has 3 rings (SSSR count). The van der Waals surface area contributed by atoms with Crippen LogP contribution in [0.5, 0.6) is 0 Å². The fourth-order valence-electron chi connectivity index (χ4n) is 3.19. The molecule has 0 atom stereocenters. The van der Waals surface area contributed by atoms with E-state index in [1.54, 1.807) is 18.2 Å². The fraction of sp³-hybridized carbons (Fsp3) is 0.500. The van der Waals surface area contributed by atoms with Gasteiger partial charge in [0.25, 0.3) is 0 Å². The molecule has 1 aliphatic carbocycles. The highest BCUT2D eigenvalue weighted by Crippen LogP contribution is 2.37. The van der Waals surface area contributed by atoms with Gasteiger partial charge in [-0.05, 0) is 38.8 Å². The lowest BCUT2D eigenvalue weighted by molar-refractivity contribution is -0.119. The topological polar surface area (TPSA) is 59.8 Å². The van der Waals surface area contributed by atoms with E-state index < -0.39 is 0 Å². The summed E-state index contributed by atoms with van der Waals surface area (Å²) in [7, 11) is 0. The summed E-state index contributed by atoms with van der Waals surface area (Å²) in [5.41, 5.74) is 0.459. The third-order valence-electron chi connectivity index (χ3n) is 4.25. The molecule has 1 fully saturated rings. The van der Waals surface area contributed by atoms with Gasteiger partial charge in [-0.1, -0.05) is 36.7 Å². The summed E-state index contributed by atoms with van der Waals surface area (Å²) in [4.78, 5) is 11.9. The summed E-state index contributed by atoms with van der Waals surface area (Å²) in [5.74, 6) is 0.494. The maximum absolute atomic E-state index is 14.3. The zero-order valence-electron chi connectivity index (χ0n) is 14.5. The second-order valence-electron chi connectivity index (χ2n) is 6.61. The highest BCUT2D eigenvalue weighted by molar-refractivity contribution is 7.99. The third kappa shape index (κ3) is 4.21. The molecule has 25 heavy (non-hydrogen) atoms. The lowest BCUT2D eigenvalue weighted by Gasteiger charge is -2.17. The van der Waals surface area contributed by atoms with Crippen molar-refractivity contribution < 1.29 is 9.18 Å². The van der Waals surface area contributed by atoms with Gasteiger partial charge in [-0.15, -0.1) is 10.2 Å². The average Bonchev–Trinajstić information content (AvgIpc) is 3.22. The molecular weight excluding hydrogens is 339 g/mol. The molecule has 2 aromatic rings. The van der Waals surface area contributed by atoms with Crippen LogP contribution >= 0.6 is 11.8 Å². The first kappa shape index (κ1) is 17.9. The van der Waals surface area contributed by atoms with Crippen molar-refractivity contribution in [3.8, 4) is 11.4 Å². The third-order valence-corrected chi connectivity index (χ3v) is 5.19. The van der Waals surface area contributed by atoms with Gasteiger partial charge in [0, 0.05) is 12.1 Å². The minimum atomic E-state index is -0.303. The lowest BCUT2D eigenvalue weighted by Crippen LogP contribution is -2.31. The largest absolute Gasteiger partial charge is 0.353 e. The normalized spacial score (nSPS) is 15.0. The molecule has 1 amide bonds. The molecule has 0 bridgehead atoms. The first-order valence-corrected chi connectivity index (χ1v) is 9.66. The van der Waals surface area contributed by atoms with Crippen LogP contribution in [0.25, 0.3) is 11.4 Å². The number of rotatable bonds is 6. The van der Waals surface area contributed by atoms with Crippen LogP contribution in [0.1, 0.15) is 45.6 Å². The van der Waals surface area contributed by atoms with Gasteiger partial charge in [-0.25, -0.2) is 4.39 Å². The number of halogens is 1. The van der Waals surface area contributed by atoms with Crippen LogP contribution in [0.4, 0.5) is 4.39 Å². The van der Waals surface area contributed by atoms with Gasteiger partial charge >= 0.3 is 0 Å². The Labute approximate surface area is 151 Å². The molecule has 134 valence electrons. The molecule has 1 aromatic heterocycles. The highest BCUT2D eigenvalue weighted by Gasteiger charge is 2.26. The number of thioether (sulfide) groups is 1. The SMILES string of the molecule is CC(C)NC(=O)CSc1nnc(-c2ccccc2F)n1C1CCCC1. The van der Waals surface area contributed by atoms with E-state index in [4.69, 9.17) is 0 Å². The van der Waals surface area contributed by atoms with Crippen LogP contribution in [-0.4, -0.2) is 32.5 Å². The Morgan fingerprint density at radius 2 is 2.04 bits per heavy atom. The molecule has 1 N–H and O–H groups in total. The molecule has 0 radical (unpaired) electrons. The highest BCUT2D eigenvalue weighted by atomic mass is 32.2. The van der Waals surface area contributed by atoms with Crippen molar-refractivity contribution in [2.45, 2.75) is 56.8 Å². The van der Waals surface area contributed by atoms with Crippen molar-refractivity contribution in [1.82, 2.24) is 20.1 Å². The monoisotopic (exact) mass is 362 g/mol. The van der Waals surface area contributed by atoms with Crippen molar-refractivity contribution in [3.63, 3.8) is 0 Å². The Morgan fingerprint density at radius 3 is 2.72 bits per heavy atom. The van der Waals surface area contributed by atoms with E-state index in [2.05, 4.69) is 15.5 Å². The van der Waals surface area contributed by atoms with Gasteiger partial charge in [-0.3, -0.25) is 9.36 Å². The minimum absolute atomic E-state index is 0.0339. The Bertz CT molecular complexity index is 740. The Balaban J connectivity index is 1.88. The second-order valence-corrected chi connectivity index (χ2v) is 7.55. The van der Waals surface area contributed by atoms with Crippen molar-refractivity contribution in [3.05, 3.63) is 30.1 Å². The molecule has 0 unspecified atom stereocenters. The van der Waals surface area contributed by atoms with Crippen molar-refractivity contribution >= 4 is 17.7 Å². The zero-order chi connectivity index (χ0) is 17.8. The van der Waals surface area contributed by atoms with Gasteiger partial charge < -0.3 is 5.32 Å². The summed E-state index contributed by atoms with van der Waals surface area (Å²) in [6.45, 7) is 3.86. The van der Waals surface area contributed by atoms with E-state index in [9.17, 15) is 9.18 Å². The molecule has 1 aliphatic rings. The summed E-state index contributed by atoms with van der Waals surface area (Å²) < 4.78 is 16.3. The standard InChI is InChI=1S/C18H23FN4OS/c1-12(2)20-16(24)11-25-18-22-21-17(14-9-5-6-10-15(14)19)23(18)13-7-3-4-8-13/h5-6,9-10,12-13H,3-4,7-8,11H2,1-2H3,(H,20,24). The smallest absolute Gasteiger partial charge is 0.230 e. The molecule has 0 spiro atoms. The Kier molecular flexibility index (Phi) is 5.73. The number of amides is 1. The predicted molar refractivity (Wildman–Crippen MR) is 96.9 cm³/mol. The summed E-state index contributed by atoms with van der Waals surface area (Å²) in [5, 5.41) is 12.1. The molecule has 0 saturated heterocycles. The summed E-state index contributed by atoms with van der Waals surface area (Å²) in [6, 6.07) is 7.00. The molecule has 1 saturated carbocycles. The van der Waals surface area contributed by atoms with E-state index in [0.29, 0.717) is 16.5 Å². The van der Waals surface area contributed by atoms with Crippen molar-refractivity contribution in [1.29, 1.82) is 0 Å². The quantitative estimate of drug-likeness (QED) is 0.794. The minimum Gasteiger partial charge on any atom is -0.353 e. The first-order valence-electron chi connectivity index (χ1n) is 8.68. The van der Waals surface area contributed by atoms with Crippen LogP contribution in [0.2, 0.25) is 0 Å². The fourth-order valence-corrected chi connectivity index (χ4v) is 4.00. The number of carbonyl (C=O) groups excluding carboxylic acids is 1. The van der Waals surface area contributed by atoms with Crippen LogP contribution in [0.3, 0.4) is 0 Å². The van der Waals surface area contributed by atoms with E-state index in [1.165, 1.54) is 17.8 Å². The number of benzene rings is 1. The van der Waals surface area contributed by atoms with Crippen LogP contribution in [-0.2, 0) is 4.79 Å². The Morgan fingerprint density at radius 1 is 1.32 bits per heavy atom. The number of carbonyl (C=O) groups is 1. The second kappa shape index (κ2) is 7.99. The van der Waals surface area contributed by atoms with E-state index in [0.717, 1.165) is 25.7 Å². The molecule has 1 heterocycles. The van der Waals surface area contributed by atoms with E-state index >= 15 is 0 Å². The molecular formula is C18H23FN4OS. The molecule has 5 nitrogen and oxygen atoms in total. The lowest BCUT2D eigenvalue weighted by atomic mass is 10.1. The summed E-state index contributed by atoms with van der Waals surface area (Å²) >= 11 is 1.36. The molecule has 0 aliphatic heterocycles. The van der Waals surface area contributed by atoms with Crippen LogP contribution < -0.4 is 5.32 Å². The number of aromatic nitrogens is 3. The van der Waals surface area contributed by atoms with E-state index in [-0.39, 0.29) is 29.6 Å². The average molecular weight is 362 g/mol. The number of nitrogens with zero attached hydrogens (tertiary/aromatic N) is 3. The molecule has 1 aromatic carbocycles. The Hall–Kier alpha value is -1.89. The molecule has 7 heteroatoms. The maximum atomic E-state index is 14.3. The predicted octanol–water partition coefficient (Wildman–Crippen LogP) is 3.82. The number of hydrogen-bond donors (Lipinski definition) is 1. The van der Waals surface area contributed by atoms with Gasteiger partial charge in [0.1, 0.15) is 5.82 Å². The first-order chi connectivity index (χ1) is 12.1. The van der Waals surface area contributed by atoms with Gasteiger partial charge in [0.15, 0.2) is 11.0 Å². The van der Waals surface area contributed by atoms with Gasteiger partial charge in [0.2, 0.25) is 5.91 Å². The van der Waals surface area contributed by atoms with Crippen molar-refractivity contribution in [2.75, 3.05) is 5.75 Å². The number of hydrogen-bond acceptors (Lipinski definition) is 4. The van der Waals surface area contributed by atoms with Crippen LogP contribution in [0, 0.1) is 5.82 Å². The zero-order valence-corrected chi connectivity index (χ0v) is 15.4. The van der Waals surface area contributed by atoms with E-state index in [1.807, 2.05) is 18.4 Å².